The molecule has 2 fully saturated rings. The van der Waals surface area contributed by atoms with Crippen molar-refractivity contribution in [2.75, 3.05) is 13.2 Å². The van der Waals surface area contributed by atoms with Crippen molar-refractivity contribution < 1.29 is 19.0 Å². The number of benzene rings is 1. The lowest BCUT2D eigenvalue weighted by atomic mass is 9.89. The van der Waals surface area contributed by atoms with Crippen LogP contribution in [0.2, 0.25) is 10.0 Å². The lowest BCUT2D eigenvalue weighted by molar-refractivity contribution is -0.197. The summed E-state index contributed by atoms with van der Waals surface area (Å²) in [7, 11) is 0. The zero-order valence-electron chi connectivity index (χ0n) is 13.5. The maximum Gasteiger partial charge on any atom is 0.261 e. The third kappa shape index (κ3) is 3.80. The first-order chi connectivity index (χ1) is 11.5. The van der Waals surface area contributed by atoms with E-state index in [1.807, 2.05) is 0 Å². The second-order valence-electron chi connectivity index (χ2n) is 6.15. The topological polar surface area (TPSA) is 56.8 Å². The van der Waals surface area contributed by atoms with Crippen LogP contribution >= 0.6 is 23.2 Å². The van der Waals surface area contributed by atoms with E-state index in [1.54, 1.807) is 25.1 Å². The fourth-order valence-electron chi connectivity index (χ4n) is 3.22. The summed E-state index contributed by atoms with van der Waals surface area (Å²) in [5.41, 5.74) is 0. The number of hydrogen-bond acceptors (Lipinski definition) is 4. The number of amides is 1. The van der Waals surface area contributed by atoms with E-state index in [9.17, 15) is 4.79 Å². The molecule has 1 N–H and O–H groups in total. The molecule has 132 valence electrons. The van der Waals surface area contributed by atoms with Crippen LogP contribution in [0.1, 0.15) is 32.6 Å². The molecule has 3 rings (SSSR count). The van der Waals surface area contributed by atoms with Crippen molar-refractivity contribution in [2.45, 2.75) is 50.5 Å². The maximum atomic E-state index is 12.5. The molecule has 1 saturated heterocycles. The summed E-state index contributed by atoms with van der Waals surface area (Å²) in [5, 5.41) is 3.91. The minimum atomic E-state index is -0.691. The number of nitrogens with one attached hydrogen (secondary N) is 1. The summed E-state index contributed by atoms with van der Waals surface area (Å²) in [6.45, 7) is 2.82. The molecule has 0 unspecified atom stereocenters. The Morgan fingerprint density at radius 2 is 2.08 bits per heavy atom. The Bertz CT molecular complexity index is 604. The van der Waals surface area contributed by atoms with Gasteiger partial charge in [-0.2, -0.15) is 0 Å². The van der Waals surface area contributed by atoms with E-state index in [2.05, 4.69) is 5.32 Å². The summed E-state index contributed by atoms with van der Waals surface area (Å²) < 4.78 is 17.3. The van der Waals surface area contributed by atoms with Crippen molar-refractivity contribution in [1.82, 2.24) is 5.32 Å². The van der Waals surface area contributed by atoms with E-state index in [1.165, 1.54) is 0 Å². The van der Waals surface area contributed by atoms with Gasteiger partial charge in [-0.3, -0.25) is 4.79 Å². The Morgan fingerprint density at radius 1 is 1.33 bits per heavy atom. The fraction of sp³-hybridized carbons (Fsp3) is 0.588. The first-order valence-corrected chi connectivity index (χ1v) is 8.96. The van der Waals surface area contributed by atoms with E-state index < -0.39 is 11.9 Å². The SMILES string of the molecule is C[C@H](Oc1ccc(Cl)cc1Cl)C(=O)N[C@@H]1CCCCC12OCCO2. The molecule has 1 heterocycles. The molecule has 0 radical (unpaired) electrons. The van der Waals surface area contributed by atoms with Gasteiger partial charge in [0.1, 0.15) is 5.75 Å². The number of ether oxygens (including phenoxy) is 3. The zero-order chi connectivity index (χ0) is 17.2. The van der Waals surface area contributed by atoms with Crippen molar-refractivity contribution in [2.24, 2.45) is 0 Å². The Hall–Kier alpha value is -1.01. The number of halogens is 2. The Labute approximate surface area is 151 Å². The Morgan fingerprint density at radius 3 is 2.79 bits per heavy atom. The van der Waals surface area contributed by atoms with Crippen LogP contribution in [0.5, 0.6) is 5.75 Å². The van der Waals surface area contributed by atoms with Gasteiger partial charge in [-0.1, -0.05) is 29.6 Å². The molecule has 7 heteroatoms. The molecular formula is C17H21Cl2NO4. The largest absolute Gasteiger partial charge is 0.479 e. The first-order valence-electron chi connectivity index (χ1n) is 8.20. The predicted molar refractivity (Wildman–Crippen MR) is 91.6 cm³/mol. The zero-order valence-corrected chi connectivity index (χ0v) is 15.0. The number of carbonyl (C=O) groups is 1. The minimum absolute atomic E-state index is 0.159. The lowest BCUT2D eigenvalue weighted by Crippen LogP contribution is -2.57. The minimum Gasteiger partial charge on any atom is -0.479 e. The van der Waals surface area contributed by atoms with E-state index in [0.29, 0.717) is 29.0 Å². The maximum absolute atomic E-state index is 12.5. The van der Waals surface area contributed by atoms with E-state index in [0.717, 1.165) is 25.7 Å². The second-order valence-corrected chi connectivity index (χ2v) is 6.99. The summed E-state index contributed by atoms with van der Waals surface area (Å²) in [5.74, 6) is -0.465. The van der Waals surface area contributed by atoms with E-state index >= 15 is 0 Å². The molecule has 1 spiro atoms. The van der Waals surface area contributed by atoms with Crippen LogP contribution in [0.15, 0.2) is 18.2 Å². The van der Waals surface area contributed by atoms with Crippen molar-refractivity contribution >= 4 is 29.1 Å². The highest BCUT2D eigenvalue weighted by Gasteiger charge is 2.47. The molecule has 1 aliphatic heterocycles. The van der Waals surface area contributed by atoms with Crippen LogP contribution < -0.4 is 10.1 Å². The average Bonchev–Trinajstić information content (AvgIpc) is 3.01. The average molecular weight is 374 g/mol. The van der Waals surface area contributed by atoms with Gasteiger partial charge in [-0.25, -0.2) is 0 Å². The van der Waals surface area contributed by atoms with Gasteiger partial charge in [0.25, 0.3) is 5.91 Å². The van der Waals surface area contributed by atoms with Gasteiger partial charge < -0.3 is 19.5 Å². The van der Waals surface area contributed by atoms with Crippen LogP contribution in [-0.4, -0.2) is 37.1 Å². The van der Waals surface area contributed by atoms with Gasteiger partial charge >= 0.3 is 0 Å². The van der Waals surface area contributed by atoms with Crippen LogP contribution in [0.3, 0.4) is 0 Å². The number of hydrogen-bond donors (Lipinski definition) is 1. The Balaban J connectivity index is 1.63. The highest BCUT2D eigenvalue weighted by molar-refractivity contribution is 6.35. The third-order valence-electron chi connectivity index (χ3n) is 4.46. The molecule has 1 aliphatic carbocycles. The van der Waals surface area contributed by atoms with Crippen LogP contribution in [0, 0.1) is 0 Å². The van der Waals surface area contributed by atoms with Gasteiger partial charge in [0, 0.05) is 11.4 Å². The van der Waals surface area contributed by atoms with Crippen molar-refractivity contribution in [3.05, 3.63) is 28.2 Å². The summed E-state index contributed by atoms with van der Waals surface area (Å²) >= 11 is 12.0. The normalized spacial score (nSPS) is 23.9. The second kappa shape index (κ2) is 7.48. The van der Waals surface area contributed by atoms with Gasteiger partial charge in [0.15, 0.2) is 11.9 Å². The van der Waals surface area contributed by atoms with Gasteiger partial charge in [-0.05, 0) is 38.0 Å². The van der Waals surface area contributed by atoms with Crippen molar-refractivity contribution in [3.63, 3.8) is 0 Å². The molecule has 2 atom stereocenters. The van der Waals surface area contributed by atoms with E-state index in [-0.39, 0.29) is 11.9 Å². The predicted octanol–water partition coefficient (Wildman–Crippen LogP) is 3.56. The number of carbonyl (C=O) groups excluding carboxylic acids is 1. The molecular weight excluding hydrogens is 353 g/mol. The summed E-state index contributed by atoms with van der Waals surface area (Å²) in [6.07, 6.45) is 3.02. The standard InChI is InChI=1S/C17H21Cl2NO4/c1-11(24-14-6-5-12(18)10-13(14)19)16(21)20-15-4-2-3-7-17(15)22-8-9-23-17/h5-6,10-11,15H,2-4,7-9H2,1H3,(H,20,21)/t11-,15+/m0/s1. The molecule has 24 heavy (non-hydrogen) atoms. The molecule has 1 aromatic carbocycles. The van der Waals surface area contributed by atoms with Crippen molar-refractivity contribution in [1.29, 1.82) is 0 Å². The van der Waals surface area contributed by atoms with Crippen molar-refractivity contribution in [3.8, 4) is 5.75 Å². The van der Waals surface area contributed by atoms with E-state index in [4.69, 9.17) is 37.4 Å². The fourth-order valence-corrected chi connectivity index (χ4v) is 3.67. The van der Waals surface area contributed by atoms with Crippen LogP contribution in [-0.2, 0) is 14.3 Å². The van der Waals surface area contributed by atoms with Gasteiger partial charge in [0.2, 0.25) is 0 Å². The first kappa shape index (κ1) is 17.8. The summed E-state index contributed by atoms with van der Waals surface area (Å²) in [4.78, 5) is 12.5. The van der Waals surface area contributed by atoms with Crippen LogP contribution in [0.4, 0.5) is 0 Å². The number of rotatable bonds is 4. The molecule has 0 bridgehead atoms. The quantitative estimate of drug-likeness (QED) is 0.876. The lowest BCUT2D eigenvalue weighted by Gasteiger charge is -2.39. The van der Waals surface area contributed by atoms with Crippen LogP contribution in [0.25, 0.3) is 0 Å². The highest BCUT2D eigenvalue weighted by atomic mass is 35.5. The third-order valence-corrected chi connectivity index (χ3v) is 4.99. The molecule has 2 aliphatic rings. The Kier molecular flexibility index (Phi) is 5.55. The monoisotopic (exact) mass is 373 g/mol. The van der Waals surface area contributed by atoms with Gasteiger partial charge in [0.05, 0.1) is 24.3 Å². The molecule has 1 saturated carbocycles. The highest BCUT2D eigenvalue weighted by Crippen LogP contribution is 2.36. The van der Waals surface area contributed by atoms with Gasteiger partial charge in [-0.15, -0.1) is 0 Å². The molecule has 1 aromatic rings. The molecule has 1 amide bonds. The summed E-state index contributed by atoms with van der Waals surface area (Å²) in [6, 6.07) is 4.75. The smallest absolute Gasteiger partial charge is 0.261 e. The molecule has 0 aromatic heterocycles. The molecule has 5 nitrogen and oxygen atoms in total.